The first-order valence-electron chi connectivity index (χ1n) is 10.7. The van der Waals surface area contributed by atoms with Crippen molar-refractivity contribution >= 4 is 11.6 Å². The highest BCUT2D eigenvalue weighted by molar-refractivity contribution is 6.31. The molecule has 2 aromatic carbocycles. The molecule has 1 aliphatic heterocycles. The van der Waals surface area contributed by atoms with E-state index in [1.54, 1.807) is 14.2 Å². The number of nitrogens with one attached hydrogen (secondary N) is 1. The third-order valence-electron chi connectivity index (χ3n) is 5.86. The highest BCUT2D eigenvalue weighted by Gasteiger charge is 2.27. The van der Waals surface area contributed by atoms with Crippen molar-refractivity contribution in [1.82, 2.24) is 10.2 Å². The van der Waals surface area contributed by atoms with Crippen LogP contribution < -0.4 is 19.5 Å². The zero-order chi connectivity index (χ0) is 21.7. The third kappa shape index (κ3) is 4.85. The van der Waals surface area contributed by atoms with Crippen LogP contribution in [0.1, 0.15) is 42.1 Å². The minimum absolute atomic E-state index is 0.0159. The van der Waals surface area contributed by atoms with Gasteiger partial charge in [0.1, 0.15) is 12.4 Å². The maximum absolute atomic E-state index is 6.46. The van der Waals surface area contributed by atoms with Gasteiger partial charge in [0, 0.05) is 23.7 Å². The van der Waals surface area contributed by atoms with Crippen LogP contribution >= 0.6 is 11.6 Å². The van der Waals surface area contributed by atoms with Crippen LogP contribution in [0.4, 0.5) is 0 Å². The first-order valence-corrected chi connectivity index (χ1v) is 11.0. The van der Waals surface area contributed by atoms with Crippen LogP contribution in [0.2, 0.25) is 5.02 Å². The number of aryl methyl sites for hydroxylation is 1. The molecule has 0 spiro atoms. The molecule has 0 radical (unpaired) electrons. The van der Waals surface area contributed by atoms with E-state index in [1.807, 2.05) is 19.1 Å². The smallest absolute Gasteiger partial charge is 0.161 e. The summed E-state index contributed by atoms with van der Waals surface area (Å²) in [6, 6.07) is 8.21. The van der Waals surface area contributed by atoms with Gasteiger partial charge in [-0.1, -0.05) is 25.4 Å². The summed E-state index contributed by atoms with van der Waals surface area (Å²) in [7, 11) is 3.39. The van der Waals surface area contributed by atoms with Gasteiger partial charge in [-0.15, -0.1) is 0 Å². The van der Waals surface area contributed by atoms with E-state index in [2.05, 4.69) is 36.2 Å². The lowest BCUT2D eigenvalue weighted by Gasteiger charge is -2.30. The highest BCUT2D eigenvalue weighted by Crippen LogP contribution is 2.41. The SMILES string of the molecule is CCN(CC)CCOc1cc2c(cc1OC)CCNC2c1cc(Cl)c(C)cc1OC. The zero-order valence-corrected chi connectivity index (χ0v) is 19.4. The molecule has 1 aliphatic rings. The fourth-order valence-electron chi connectivity index (χ4n) is 4.01. The Bertz CT molecular complexity index is 868. The largest absolute Gasteiger partial charge is 0.496 e. The second-order valence-electron chi connectivity index (χ2n) is 7.56. The Morgan fingerprint density at radius 3 is 2.40 bits per heavy atom. The average molecular weight is 433 g/mol. The number of halogens is 1. The number of hydrogen-bond acceptors (Lipinski definition) is 5. The molecule has 0 aromatic heterocycles. The Kier molecular flexibility index (Phi) is 7.87. The molecule has 1 heterocycles. The van der Waals surface area contributed by atoms with Crippen molar-refractivity contribution in [3.63, 3.8) is 0 Å². The summed E-state index contributed by atoms with van der Waals surface area (Å²) < 4.78 is 17.5. The molecule has 0 bridgehead atoms. The van der Waals surface area contributed by atoms with Gasteiger partial charge in [0.05, 0.1) is 20.3 Å². The minimum atomic E-state index is -0.0159. The Morgan fingerprint density at radius 1 is 1.00 bits per heavy atom. The van der Waals surface area contributed by atoms with E-state index in [0.717, 1.165) is 66.0 Å². The monoisotopic (exact) mass is 432 g/mol. The Balaban J connectivity index is 1.95. The van der Waals surface area contributed by atoms with Gasteiger partial charge < -0.3 is 24.4 Å². The number of rotatable bonds is 9. The summed E-state index contributed by atoms with van der Waals surface area (Å²) in [6.07, 6.45) is 0.934. The molecule has 2 aromatic rings. The molecule has 1 N–H and O–H groups in total. The molecular formula is C24H33ClN2O3. The van der Waals surface area contributed by atoms with Gasteiger partial charge >= 0.3 is 0 Å². The maximum Gasteiger partial charge on any atom is 0.161 e. The van der Waals surface area contributed by atoms with E-state index in [9.17, 15) is 0 Å². The predicted molar refractivity (Wildman–Crippen MR) is 123 cm³/mol. The van der Waals surface area contributed by atoms with Gasteiger partial charge in [-0.05, 0) is 67.4 Å². The van der Waals surface area contributed by atoms with E-state index in [0.29, 0.717) is 6.61 Å². The normalized spacial score (nSPS) is 15.8. The molecule has 5 nitrogen and oxygen atoms in total. The van der Waals surface area contributed by atoms with Crippen LogP contribution in [0, 0.1) is 6.92 Å². The highest BCUT2D eigenvalue weighted by atomic mass is 35.5. The van der Waals surface area contributed by atoms with Gasteiger partial charge in [0.15, 0.2) is 11.5 Å². The van der Waals surface area contributed by atoms with E-state index in [4.69, 9.17) is 25.8 Å². The quantitative estimate of drug-likeness (QED) is 0.626. The number of likely N-dealkylation sites (N-methyl/N-ethyl adjacent to an activating group) is 1. The number of ether oxygens (including phenoxy) is 3. The standard InChI is InChI=1S/C24H33ClN2O3/c1-6-27(7-2)10-11-30-23-15-18-17(13-22(23)29-5)8-9-26-24(18)19-14-20(25)16(3)12-21(19)28-4/h12-15,24,26H,6-11H2,1-5H3. The molecule has 1 atom stereocenters. The topological polar surface area (TPSA) is 43.0 Å². The molecule has 164 valence electrons. The van der Waals surface area contributed by atoms with Crippen molar-refractivity contribution in [2.45, 2.75) is 33.2 Å². The average Bonchev–Trinajstić information content (AvgIpc) is 2.77. The summed E-state index contributed by atoms with van der Waals surface area (Å²) in [5.74, 6) is 2.39. The Labute approximate surface area is 185 Å². The van der Waals surface area contributed by atoms with Crippen molar-refractivity contribution in [2.24, 2.45) is 0 Å². The summed E-state index contributed by atoms with van der Waals surface area (Å²) in [4.78, 5) is 2.34. The lowest BCUT2D eigenvalue weighted by Crippen LogP contribution is -2.31. The summed E-state index contributed by atoms with van der Waals surface area (Å²) in [6.45, 7) is 10.7. The second-order valence-corrected chi connectivity index (χ2v) is 7.96. The molecule has 0 amide bonds. The summed E-state index contributed by atoms with van der Waals surface area (Å²) in [5, 5.41) is 4.37. The van der Waals surface area contributed by atoms with Crippen LogP contribution in [-0.2, 0) is 6.42 Å². The van der Waals surface area contributed by atoms with E-state index in [-0.39, 0.29) is 6.04 Å². The minimum Gasteiger partial charge on any atom is -0.496 e. The molecule has 30 heavy (non-hydrogen) atoms. The second kappa shape index (κ2) is 10.4. The lowest BCUT2D eigenvalue weighted by atomic mass is 9.88. The fourth-order valence-corrected chi connectivity index (χ4v) is 4.18. The van der Waals surface area contributed by atoms with Crippen LogP contribution in [0.25, 0.3) is 0 Å². The van der Waals surface area contributed by atoms with Crippen molar-refractivity contribution in [3.8, 4) is 17.2 Å². The van der Waals surface area contributed by atoms with Gasteiger partial charge in [0.2, 0.25) is 0 Å². The van der Waals surface area contributed by atoms with Crippen molar-refractivity contribution in [1.29, 1.82) is 0 Å². The third-order valence-corrected chi connectivity index (χ3v) is 6.27. The van der Waals surface area contributed by atoms with Crippen LogP contribution in [-0.4, -0.2) is 51.9 Å². The molecule has 0 saturated carbocycles. The van der Waals surface area contributed by atoms with Crippen LogP contribution in [0.5, 0.6) is 17.2 Å². The molecule has 0 fully saturated rings. The number of benzene rings is 2. The predicted octanol–water partition coefficient (Wildman–Crippen LogP) is 4.62. The molecule has 3 rings (SSSR count). The van der Waals surface area contributed by atoms with Crippen molar-refractivity contribution < 1.29 is 14.2 Å². The van der Waals surface area contributed by atoms with Gasteiger partial charge in [0.25, 0.3) is 0 Å². The van der Waals surface area contributed by atoms with Gasteiger partial charge in [-0.2, -0.15) is 0 Å². The summed E-state index contributed by atoms with van der Waals surface area (Å²) >= 11 is 6.46. The van der Waals surface area contributed by atoms with E-state index >= 15 is 0 Å². The number of nitrogens with zero attached hydrogens (tertiary/aromatic N) is 1. The van der Waals surface area contributed by atoms with Crippen molar-refractivity contribution in [3.05, 3.63) is 51.5 Å². The first kappa shape index (κ1) is 22.7. The molecule has 0 saturated heterocycles. The molecule has 1 unspecified atom stereocenters. The Hall–Kier alpha value is -1.95. The first-order chi connectivity index (χ1) is 14.5. The molecule has 0 aliphatic carbocycles. The number of methoxy groups -OCH3 is 2. The number of hydrogen-bond donors (Lipinski definition) is 1. The summed E-state index contributed by atoms with van der Waals surface area (Å²) in [5.41, 5.74) is 4.47. The maximum atomic E-state index is 6.46. The van der Waals surface area contributed by atoms with Gasteiger partial charge in [-0.25, -0.2) is 0 Å². The fraction of sp³-hybridized carbons (Fsp3) is 0.500. The molecule has 6 heteroatoms. The number of fused-ring (bicyclic) bond motifs is 1. The Morgan fingerprint density at radius 2 is 1.73 bits per heavy atom. The van der Waals surface area contributed by atoms with Crippen molar-refractivity contribution in [2.75, 3.05) is 47.0 Å². The lowest BCUT2D eigenvalue weighted by molar-refractivity contribution is 0.217. The molecular weight excluding hydrogens is 400 g/mol. The van der Waals surface area contributed by atoms with Crippen LogP contribution in [0.15, 0.2) is 24.3 Å². The zero-order valence-electron chi connectivity index (χ0n) is 18.7. The van der Waals surface area contributed by atoms with Crippen LogP contribution in [0.3, 0.4) is 0 Å². The van der Waals surface area contributed by atoms with E-state index in [1.165, 1.54) is 11.1 Å². The van der Waals surface area contributed by atoms with E-state index < -0.39 is 0 Å². The van der Waals surface area contributed by atoms with Gasteiger partial charge in [-0.3, -0.25) is 0 Å².